The van der Waals surface area contributed by atoms with Gasteiger partial charge in [-0.1, -0.05) is 6.92 Å². The molecular weight excluding hydrogens is 224 g/mol. The number of amides is 1. The molecular formula is C11H18N2O4. The number of esters is 1. The molecule has 1 amide bonds. The third-order valence-corrected chi connectivity index (χ3v) is 2.19. The fourth-order valence-corrected chi connectivity index (χ4v) is 1.23. The third kappa shape index (κ3) is 5.88. The Bertz CT molecular complexity index is 298. The van der Waals surface area contributed by atoms with Crippen LogP contribution in [0.1, 0.15) is 20.3 Å². The maximum atomic E-state index is 11.5. The lowest BCUT2D eigenvalue weighted by atomic mass is 9.99. The molecule has 2 atom stereocenters. The summed E-state index contributed by atoms with van der Waals surface area (Å²) in [4.78, 5) is 22.9. The van der Waals surface area contributed by atoms with Crippen LogP contribution in [-0.2, 0) is 19.1 Å². The van der Waals surface area contributed by atoms with E-state index >= 15 is 0 Å². The molecule has 0 unspecified atom stereocenters. The van der Waals surface area contributed by atoms with E-state index in [1.165, 1.54) is 7.11 Å². The summed E-state index contributed by atoms with van der Waals surface area (Å²) in [7, 11) is 1.24. The zero-order valence-electron chi connectivity index (χ0n) is 10.4. The summed E-state index contributed by atoms with van der Waals surface area (Å²) in [6.45, 7) is 3.78. The van der Waals surface area contributed by atoms with Crippen LogP contribution in [0.2, 0.25) is 0 Å². The van der Waals surface area contributed by atoms with Crippen molar-refractivity contribution in [2.75, 3.05) is 20.3 Å². The van der Waals surface area contributed by atoms with Gasteiger partial charge in [-0.2, -0.15) is 5.26 Å². The first-order valence-corrected chi connectivity index (χ1v) is 5.38. The summed E-state index contributed by atoms with van der Waals surface area (Å²) in [5, 5.41) is 11.1. The Hall–Kier alpha value is -1.61. The number of carbonyl (C=O) groups excluding carboxylic acids is 2. The lowest BCUT2D eigenvalue weighted by Gasteiger charge is -2.20. The summed E-state index contributed by atoms with van der Waals surface area (Å²) < 4.78 is 9.50. The van der Waals surface area contributed by atoms with Gasteiger partial charge in [0.25, 0.3) is 0 Å². The minimum absolute atomic E-state index is 0.108. The molecule has 17 heavy (non-hydrogen) atoms. The molecule has 6 nitrogen and oxygen atoms in total. The molecule has 96 valence electrons. The molecule has 0 fully saturated rings. The zero-order chi connectivity index (χ0) is 13.3. The van der Waals surface area contributed by atoms with Gasteiger partial charge in [0, 0.05) is 18.9 Å². The number of carbonyl (C=O) groups is 2. The van der Waals surface area contributed by atoms with Gasteiger partial charge >= 0.3 is 5.97 Å². The van der Waals surface area contributed by atoms with Gasteiger partial charge in [0.05, 0.1) is 13.2 Å². The molecule has 0 saturated carbocycles. The molecule has 0 heterocycles. The summed E-state index contributed by atoms with van der Waals surface area (Å²) in [6.07, 6.45) is 0.161. The van der Waals surface area contributed by atoms with Gasteiger partial charge in [-0.3, -0.25) is 4.79 Å². The molecule has 0 bridgehead atoms. The number of hydrogen-bond acceptors (Lipinski definition) is 5. The van der Waals surface area contributed by atoms with Crippen molar-refractivity contribution in [2.24, 2.45) is 5.92 Å². The molecule has 0 aliphatic carbocycles. The Morgan fingerprint density at radius 3 is 2.59 bits per heavy atom. The van der Waals surface area contributed by atoms with Crippen molar-refractivity contribution in [3.63, 3.8) is 0 Å². The van der Waals surface area contributed by atoms with E-state index < -0.39 is 17.9 Å². The predicted molar refractivity (Wildman–Crippen MR) is 59.8 cm³/mol. The number of hydrogen-bond donors (Lipinski definition) is 1. The van der Waals surface area contributed by atoms with Gasteiger partial charge in [0.15, 0.2) is 0 Å². The van der Waals surface area contributed by atoms with Crippen molar-refractivity contribution in [1.29, 1.82) is 5.26 Å². The van der Waals surface area contributed by atoms with E-state index in [2.05, 4.69) is 10.1 Å². The summed E-state index contributed by atoms with van der Waals surface area (Å²) >= 11 is 0. The first-order valence-electron chi connectivity index (χ1n) is 5.38. The molecule has 0 aromatic carbocycles. The van der Waals surface area contributed by atoms with Gasteiger partial charge in [-0.15, -0.1) is 0 Å². The van der Waals surface area contributed by atoms with Gasteiger partial charge in [0.2, 0.25) is 5.91 Å². The second kappa shape index (κ2) is 8.53. The van der Waals surface area contributed by atoms with Crippen LogP contribution in [0.25, 0.3) is 0 Å². The number of nitrogens with one attached hydrogen (secondary N) is 1. The molecule has 0 spiro atoms. The van der Waals surface area contributed by atoms with Gasteiger partial charge < -0.3 is 14.8 Å². The van der Waals surface area contributed by atoms with E-state index in [4.69, 9.17) is 10.00 Å². The van der Waals surface area contributed by atoms with Crippen LogP contribution in [0, 0.1) is 17.2 Å². The molecule has 0 radical (unpaired) electrons. The van der Waals surface area contributed by atoms with Crippen LogP contribution in [0.3, 0.4) is 0 Å². The van der Waals surface area contributed by atoms with Crippen LogP contribution in [0.5, 0.6) is 0 Å². The monoisotopic (exact) mass is 242 g/mol. The fourth-order valence-electron chi connectivity index (χ4n) is 1.23. The molecule has 0 rings (SSSR count). The third-order valence-electron chi connectivity index (χ3n) is 2.19. The highest BCUT2D eigenvalue weighted by molar-refractivity contribution is 5.85. The quantitative estimate of drug-likeness (QED) is 0.645. The molecule has 6 heteroatoms. The molecule has 0 aromatic rings. The first-order chi connectivity index (χ1) is 8.06. The van der Waals surface area contributed by atoms with Crippen molar-refractivity contribution < 1.29 is 19.1 Å². The Morgan fingerprint density at radius 1 is 1.47 bits per heavy atom. The van der Waals surface area contributed by atoms with E-state index in [9.17, 15) is 9.59 Å². The fraction of sp³-hybridized carbons (Fsp3) is 0.727. The number of nitriles is 1. The van der Waals surface area contributed by atoms with Crippen LogP contribution < -0.4 is 5.32 Å². The van der Waals surface area contributed by atoms with Crippen LogP contribution in [-0.4, -0.2) is 38.2 Å². The highest BCUT2D eigenvalue weighted by atomic mass is 16.5. The van der Waals surface area contributed by atoms with Crippen LogP contribution in [0.4, 0.5) is 0 Å². The molecule has 0 aliphatic heterocycles. The number of ether oxygens (including phenoxy) is 2. The van der Waals surface area contributed by atoms with E-state index in [-0.39, 0.29) is 18.9 Å². The van der Waals surface area contributed by atoms with E-state index in [0.717, 1.165) is 0 Å². The van der Waals surface area contributed by atoms with E-state index in [1.54, 1.807) is 13.8 Å². The normalized spacial score (nSPS) is 13.3. The minimum Gasteiger partial charge on any atom is -0.467 e. The van der Waals surface area contributed by atoms with Crippen molar-refractivity contribution >= 4 is 11.9 Å². The second-order valence-corrected chi connectivity index (χ2v) is 3.55. The standard InChI is InChI=1S/C11H18N2O4/c1-4-17-7-9(14)13-10(11(15)16-3)8(2)5-6-12/h8,10H,4-5,7H2,1-3H3,(H,13,14)/t8-,10+/m1/s1. The average Bonchev–Trinajstić information content (AvgIpc) is 2.32. The van der Waals surface area contributed by atoms with Crippen LogP contribution in [0.15, 0.2) is 0 Å². The van der Waals surface area contributed by atoms with Gasteiger partial charge in [-0.05, 0) is 6.92 Å². The molecule has 0 saturated heterocycles. The van der Waals surface area contributed by atoms with Crippen LogP contribution >= 0.6 is 0 Å². The largest absolute Gasteiger partial charge is 0.467 e. The Morgan fingerprint density at radius 2 is 2.12 bits per heavy atom. The number of nitrogens with zero attached hydrogens (tertiary/aromatic N) is 1. The maximum absolute atomic E-state index is 11.5. The summed E-state index contributed by atoms with van der Waals surface area (Å²) in [5.74, 6) is -1.26. The number of rotatable bonds is 7. The SMILES string of the molecule is CCOCC(=O)N[C@H](C(=O)OC)[C@H](C)CC#N. The maximum Gasteiger partial charge on any atom is 0.328 e. The van der Waals surface area contributed by atoms with E-state index in [1.807, 2.05) is 6.07 Å². The highest BCUT2D eigenvalue weighted by Gasteiger charge is 2.27. The predicted octanol–water partition coefficient (Wildman–Crippen LogP) is 0.230. The lowest BCUT2D eigenvalue weighted by Crippen LogP contribution is -2.47. The zero-order valence-corrected chi connectivity index (χ0v) is 10.4. The Balaban J connectivity index is 4.44. The first kappa shape index (κ1) is 15.4. The Labute approximate surface area is 101 Å². The Kier molecular flexibility index (Phi) is 7.72. The van der Waals surface area contributed by atoms with Crippen molar-refractivity contribution in [3.05, 3.63) is 0 Å². The smallest absolute Gasteiger partial charge is 0.328 e. The topological polar surface area (TPSA) is 88.4 Å². The van der Waals surface area contributed by atoms with Crippen molar-refractivity contribution in [2.45, 2.75) is 26.3 Å². The van der Waals surface area contributed by atoms with E-state index in [0.29, 0.717) is 6.61 Å². The summed E-state index contributed by atoms with van der Waals surface area (Å²) in [5.41, 5.74) is 0. The summed E-state index contributed by atoms with van der Waals surface area (Å²) in [6, 6.07) is 1.14. The molecule has 0 aliphatic rings. The van der Waals surface area contributed by atoms with Gasteiger partial charge in [0.1, 0.15) is 12.6 Å². The second-order valence-electron chi connectivity index (χ2n) is 3.55. The average molecular weight is 242 g/mol. The van der Waals surface area contributed by atoms with Gasteiger partial charge in [-0.25, -0.2) is 4.79 Å². The number of methoxy groups -OCH3 is 1. The molecule has 0 aromatic heterocycles. The van der Waals surface area contributed by atoms with Crippen molar-refractivity contribution in [3.8, 4) is 6.07 Å². The molecule has 1 N–H and O–H groups in total. The lowest BCUT2D eigenvalue weighted by molar-refractivity contribution is -0.147. The minimum atomic E-state index is -0.812. The van der Waals surface area contributed by atoms with Crippen molar-refractivity contribution in [1.82, 2.24) is 5.32 Å². The highest BCUT2D eigenvalue weighted by Crippen LogP contribution is 2.09.